The van der Waals surface area contributed by atoms with Crippen molar-refractivity contribution in [3.8, 4) is 5.75 Å². The van der Waals surface area contributed by atoms with E-state index in [1.807, 2.05) is 13.8 Å². The van der Waals surface area contributed by atoms with Crippen LogP contribution in [0.25, 0.3) is 0 Å². The molecule has 2 aromatic rings. The standard InChI is InChI=1S/C28H37N5O6/c1-15(2)12-21-27(38)30-17(4)23(33-26(37)19-9-5-6-10-22(19)34)28(39)31-20(13-18-8-7-11-29-14-18)24(35)16(3)25(36)32-21/h5-11,14-17,20-21,23-24,34-35H,12-13H2,1-4H3,(H,30,38)(H,31,39)(H,32,36)(H,33,37)/p+1/t16-,17-,20+,21?,23+,24+/m1/s1. The number of pyridine rings is 1. The molecule has 7 N–H and O–H groups in total. The van der Waals surface area contributed by atoms with Gasteiger partial charge in [-0.05, 0) is 43.0 Å². The van der Waals surface area contributed by atoms with Crippen molar-refractivity contribution in [2.24, 2.45) is 11.8 Å². The van der Waals surface area contributed by atoms with E-state index in [0.717, 1.165) is 5.56 Å². The molecule has 6 atom stereocenters. The summed E-state index contributed by atoms with van der Waals surface area (Å²) in [5.74, 6) is -3.38. The van der Waals surface area contributed by atoms with Gasteiger partial charge in [-0.2, -0.15) is 0 Å². The molecule has 1 aromatic carbocycles. The number of carbonyl (C=O) groups excluding carboxylic acids is 4. The van der Waals surface area contributed by atoms with Gasteiger partial charge in [0.15, 0.2) is 6.04 Å². The number of amides is 4. The number of hydrogen-bond donors (Lipinski definition) is 6. The zero-order valence-corrected chi connectivity index (χ0v) is 22.6. The molecular formula is C28H38N5O6+. The SMILES string of the molecule is CC(C)CC1NC(=O)[C@H](C)[C@H](O)[C@H](Cc2cccnc2)[NH2+]C(=O)[C@@H](NC(=O)c2ccccc2O)[C@@H](C)NC1=O. The molecule has 1 fully saturated rings. The summed E-state index contributed by atoms with van der Waals surface area (Å²) < 4.78 is 0. The van der Waals surface area contributed by atoms with E-state index >= 15 is 0 Å². The Hall–Kier alpha value is -3.83. The van der Waals surface area contributed by atoms with Crippen LogP contribution < -0.4 is 21.3 Å². The number of carbonyl (C=O) groups is 4. The molecule has 0 bridgehead atoms. The lowest BCUT2D eigenvalue weighted by atomic mass is 9.91. The van der Waals surface area contributed by atoms with Crippen LogP contribution >= 0.6 is 0 Å². The summed E-state index contributed by atoms with van der Waals surface area (Å²) >= 11 is 0. The molecule has 11 heteroatoms. The van der Waals surface area contributed by atoms with Gasteiger partial charge < -0.3 is 26.2 Å². The van der Waals surface area contributed by atoms with Crippen molar-refractivity contribution in [3.05, 3.63) is 59.9 Å². The largest absolute Gasteiger partial charge is 0.507 e. The Morgan fingerprint density at radius 2 is 1.79 bits per heavy atom. The van der Waals surface area contributed by atoms with Crippen molar-refractivity contribution in [1.29, 1.82) is 0 Å². The van der Waals surface area contributed by atoms with Crippen molar-refractivity contribution in [2.45, 2.75) is 70.8 Å². The van der Waals surface area contributed by atoms with Crippen molar-refractivity contribution in [1.82, 2.24) is 20.9 Å². The average Bonchev–Trinajstić information content (AvgIpc) is 2.89. The fourth-order valence-corrected chi connectivity index (χ4v) is 4.65. The molecule has 3 rings (SSSR count). The minimum atomic E-state index is -1.26. The molecule has 1 aliphatic heterocycles. The van der Waals surface area contributed by atoms with E-state index in [0.29, 0.717) is 6.42 Å². The van der Waals surface area contributed by atoms with Crippen LogP contribution in [0, 0.1) is 11.8 Å². The van der Waals surface area contributed by atoms with Crippen molar-refractivity contribution in [3.63, 3.8) is 0 Å². The Morgan fingerprint density at radius 1 is 1.08 bits per heavy atom. The van der Waals surface area contributed by atoms with E-state index in [4.69, 9.17) is 0 Å². The number of nitrogens with zero attached hydrogens (tertiary/aromatic N) is 1. The summed E-state index contributed by atoms with van der Waals surface area (Å²) in [6.45, 7) is 6.95. The van der Waals surface area contributed by atoms with E-state index in [1.54, 1.807) is 50.5 Å². The number of aliphatic hydroxyl groups excluding tert-OH is 1. The highest BCUT2D eigenvalue weighted by Gasteiger charge is 2.41. The van der Waals surface area contributed by atoms with E-state index in [2.05, 4.69) is 20.9 Å². The number of aliphatic hydroxyl groups is 1. The minimum Gasteiger partial charge on any atom is -0.507 e. The second-order valence-electron chi connectivity index (χ2n) is 10.5. The maximum Gasteiger partial charge on any atom is 0.335 e. The van der Waals surface area contributed by atoms with E-state index < -0.39 is 59.8 Å². The lowest BCUT2D eigenvalue weighted by Crippen LogP contribution is -2.99. The molecular weight excluding hydrogens is 502 g/mol. The highest BCUT2D eigenvalue weighted by molar-refractivity contribution is 5.99. The molecule has 4 amide bonds. The number of benzene rings is 1. The van der Waals surface area contributed by atoms with Crippen molar-refractivity contribution >= 4 is 23.6 Å². The molecule has 39 heavy (non-hydrogen) atoms. The third-order valence-electron chi connectivity index (χ3n) is 6.89. The molecule has 1 aromatic heterocycles. The summed E-state index contributed by atoms with van der Waals surface area (Å²) in [6.07, 6.45) is 2.51. The molecule has 0 radical (unpaired) electrons. The predicted octanol–water partition coefficient (Wildman–Crippen LogP) is -0.367. The molecule has 1 unspecified atom stereocenters. The van der Waals surface area contributed by atoms with Gasteiger partial charge in [-0.3, -0.25) is 24.7 Å². The first kappa shape index (κ1) is 29.7. The van der Waals surface area contributed by atoms with Crippen LogP contribution in [0.15, 0.2) is 48.8 Å². The summed E-state index contributed by atoms with van der Waals surface area (Å²) in [5, 5.41) is 30.9. The highest BCUT2D eigenvalue weighted by Crippen LogP contribution is 2.17. The Labute approximate surface area is 227 Å². The Morgan fingerprint density at radius 3 is 2.44 bits per heavy atom. The van der Waals surface area contributed by atoms with E-state index in [-0.39, 0.29) is 23.7 Å². The molecule has 11 nitrogen and oxygen atoms in total. The molecule has 0 saturated carbocycles. The zero-order chi connectivity index (χ0) is 28.7. The quantitative estimate of drug-likeness (QED) is 0.290. The van der Waals surface area contributed by atoms with Crippen LogP contribution in [-0.4, -0.2) is 69.1 Å². The number of phenolic OH excluding ortho intramolecular Hbond substituents is 1. The normalized spacial score (nSPS) is 26.7. The summed E-state index contributed by atoms with van der Waals surface area (Å²) in [5.41, 5.74) is 0.722. The summed E-state index contributed by atoms with van der Waals surface area (Å²) in [4.78, 5) is 57.1. The molecule has 0 aliphatic carbocycles. The maximum atomic E-state index is 13.7. The number of para-hydroxylation sites is 1. The second kappa shape index (κ2) is 13.3. The lowest BCUT2D eigenvalue weighted by molar-refractivity contribution is -0.617. The Bertz CT molecular complexity index is 1170. The second-order valence-corrected chi connectivity index (χ2v) is 10.5. The number of aromatic hydroxyl groups is 1. The van der Waals surface area contributed by atoms with Crippen LogP contribution in [0.5, 0.6) is 5.75 Å². The number of rotatable bonds is 6. The minimum absolute atomic E-state index is 0.0274. The number of aromatic nitrogens is 1. The zero-order valence-electron chi connectivity index (χ0n) is 22.6. The third-order valence-corrected chi connectivity index (χ3v) is 6.89. The first-order valence-corrected chi connectivity index (χ1v) is 13.1. The Kier molecular flexibility index (Phi) is 10.1. The number of nitrogens with one attached hydrogen (secondary N) is 3. The number of phenols is 1. The molecule has 210 valence electrons. The van der Waals surface area contributed by atoms with Crippen LogP contribution in [-0.2, 0) is 20.8 Å². The molecule has 2 heterocycles. The first-order chi connectivity index (χ1) is 18.5. The monoisotopic (exact) mass is 540 g/mol. The van der Waals surface area contributed by atoms with E-state index in [1.165, 1.54) is 17.4 Å². The third kappa shape index (κ3) is 7.84. The number of hydrogen-bond acceptors (Lipinski definition) is 7. The fourth-order valence-electron chi connectivity index (χ4n) is 4.65. The van der Waals surface area contributed by atoms with Crippen LogP contribution in [0.4, 0.5) is 0 Å². The maximum absolute atomic E-state index is 13.7. The van der Waals surface area contributed by atoms with Crippen LogP contribution in [0.1, 0.15) is 50.0 Å². The molecule has 0 spiro atoms. The van der Waals surface area contributed by atoms with E-state index in [9.17, 15) is 29.4 Å². The fraction of sp³-hybridized carbons (Fsp3) is 0.464. The van der Waals surface area contributed by atoms with Gasteiger partial charge in [-0.25, -0.2) is 4.79 Å². The van der Waals surface area contributed by atoms with Gasteiger partial charge in [0.1, 0.15) is 23.9 Å². The average molecular weight is 541 g/mol. The van der Waals surface area contributed by atoms with Gasteiger partial charge in [0.25, 0.3) is 5.91 Å². The Balaban J connectivity index is 1.99. The molecule has 1 aliphatic rings. The van der Waals surface area contributed by atoms with Gasteiger partial charge >= 0.3 is 5.91 Å². The van der Waals surface area contributed by atoms with Crippen LogP contribution in [0.3, 0.4) is 0 Å². The highest BCUT2D eigenvalue weighted by atomic mass is 16.3. The summed E-state index contributed by atoms with van der Waals surface area (Å²) in [7, 11) is 0. The van der Waals surface area contributed by atoms with Crippen molar-refractivity contribution in [2.75, 3.05) is 0 Å². The first-order valence-electron chi connectivity index (χ1n) is 13.1. The number of quaternary nitrogens is 1. The van der Waals surface area contributed by atoms with Crippen LogP contribution in [0.2, 0.25) is 0 Å². The van der Waals surface area contributed by atoms with Gasteiger partial charge in [0.05, 0.1) is 17.5 Å². The van der Waals surface area contributed by atoms with Gasteiger partial charge in [0, 0.05) is 18.8 Å². The lowest BCUT2D eigenvalue weighted by Gasteiger charge is -2.31. The van der Waals surface area contributed by atoms with Gasteiger partial charge in [-0.1, -0.05) is 39.0 Å². The smallest absolute Gasteiger partial charge is 0.335 e. The van der Waals surface area contributed by atoms with Crippen molar-refractivity contribution < 1.29 is 34.7 Å². The van der Waals surface area contributed by atoms with Gasteiger partial charge in [0.2, 0.25) is 11.8 Å². The van der Waals surface area contributed by atoms with Gasteiger partial charge in [-0.15, -0.1) is 0 Å². The topological polar surface area (TPSA) is 174 Å². The predicted molar refractivity (Wildman–Crippen MR) is 142 cm³/mol. The summed E-state index contributed by atoms with van der Waals surface area (Å²) in [6, 6.07) is 5.67. The number of primary amides is 1. The number of nitrogens with two attached hydrogens (primary N) is 1. The molecule has 1 saturated heterocycles.